The van der Waals surface area contributed by atoms with E-state index in [2.05, 4.69) is 25.7 Å². The Morgan fingerprint density at radius 1 is 1.21 bits per heavy atom. The van der Waals surface area contributed by atoms with E-state index >= 15 is 0 Å². The van der Waals surface area contributed by atoms with Crippen LogP contribution < -0.4 is 5.73 Å². The summed E-state index contributed by atoms with van der Waals surface area (Å²) in [6.45, 7) is 10.1. The van der Waals surface area contributed by atoms with Crippen LogP contribution in [0.1, 0.15) is 46.5 Å². The molecule has 1 saturated heterocycles. The van der Waals surface area contributed by atoms with E-state index in [0.717, 1.165) is 24.9 Å². The zero-order chi connectivity index (χ0) is 14.0. The lowest BCUT2D eigenvalue weighted by Gasteiger charge is -2.53. The molecule has 2 N–H and O–H groups in total. The van der Waals surface area contributed by atoms with Gasteiger partial charge in [-0.05, 0) is 50.0 Å². The first-order valence-corrected chi connectivity index (χ1v) is 7.98. The highest BCUT2D eigenvalue weighted by Crippen LogP contribution is 2.41. The molecule has 0 amide bonds. The van der Waals surface area contributed by atoms with Crippen molar-refractivity contribution in [1.29, 1.82) is 0 Å². The fourth-order valence-electron chi connectivity index (χ4n) is 4.56. The van der Waals surface area contributed by atoms with E-state index in [1.165, 1.54) is 32.2 Å². The fraction of sp³-hybridized carbons (Fsp3) is 1.00. The maximum absolute atomic E-state index is 6.23. The molecular weight excluding hydrogens is 236 g/mol. The van der Waals surface area contributed by atoms with Crippen molar-refractivity contribution in [2.75, 3.05) is 26.7 Å². The highest BCUT2D eigenvalue weighted by Gasteiger charge is 2.44. The maximum atomic E-state index is 6.23. The zero-order valence-corrected chi connectivity index (χ0v) is 13.2. The third kappa shape index (κ3) is 3.14. The Labute approximate surface area is 118 Å². The topological polar surface area (TPSA) is 38.5 Å². The van der Waals surface area contributed by atoms with Gasteiger partial charge in [0.05, 0.1) is 6.10 Å². The van der Waals surface area contributed by atoms with Gasteiger partial charge in [0.15, 0.2) is 0 Å². The number of piperidine rings is 1. The quantitative estimate of drug-likeness (QED) is 0.854. The molecule has 4 unspecified atom stereocenters. The van der Waals surface area contributed by atoms with Crippen LogP contribution in [0.4, 0.5) is 0 Å². The number of nitrogens with two attached hydrogens (primary N) is 1. The largest absolute Gasteiger partial charge is 0.380 e. The fourth-order valence-corrected chi connectivity index (χ4v) is 4.56. The molecule has 0 aromatic carbocycles. The molecule has 1 heterocycles. The Balaban J connectivity index is 2.12. The van der Waals surface area contributed by atoms with Crippen LogP contribution in [0.3, 0.4) is 0 Å². The molecule has 1 saturated carbocycles. The van der Waals surface area contributed by atoms with Crippen LogP contribution in [0.25, 0.3) is 0 Å². The number of methoxy groups -OCH3 is 1. The van der Waals surface area contributed by atoms with E-state index in [0.29, 0.717) is 12.0 Å². The van der Waals surface area contributed by atoms with Crippen molar-refractivity contribution in [2.45, 2.75) is 58.1 Å². The van der Waals surface area contributed by atoms with E-state index < -0.39 is 0 Å². The van der Waals surface area contributed by atoms with Gasteiger partial charge in [0.2, 0.25) is 0 Å². The van der Waals surface area contributed by atoms with Gasteiger partial charge in [0.1, 0.15) is 0 Å². The lowest BCUT2D eigenvalue weighted by molar-refractivity contribution is -0.0663. The molecule has 3 heteroatoms. The highest BCUT2D eigenvalue weighted by atomic mass is 16.5. The monoisotopic (exact) mass is 268 g/mol. The first kappa shape index (κ1) is 15.3. The SMILES string of the molecule is COC1CN(C2(CN)CC(C)CC(C)C2)CCC1C. The minimum absolute atomic E-state index is 0.230. The number of ether oxygens (including phenoxy) is 1. The average Bonchev–Trinajstić information content (AvgIpc) is 2.37. The number of rotatable bonds is 3. The summed E-state index contributed by atoms with van der Waals surface area (Å²) in [4.78, 5) is 2.66. The summed E-state index contributed by atoms with van der Waals surface area (Å²) >= 11 is 0. The molecule has 0 aromatic heterocycles. The van der Waals surface area contributed by atoms with Crippen LogP contribution in [0, 0.1) is 17.8 Å². The predicted octanol–water partition coefficient (Wildman–Crippen LogP) is 2.50. The number of nitrogens with zero attached hydrogens (tertiary/aromatic N) is 1. The highest BCUT2D eigenvalue weighted by molar-refractivity contribution is 5.00. The Morgan fingerprint density at radius 3 is 2.37 bits per heavy atom. The van der Waals surface area contributed by atoms with Gasteiger partial charge in [-0.1, -0.05) is 20.8 Å². The minimum Gasteiger partial charge on any atom is -0.380 e. The van der Waals surface area contributed by atoms with Crippen LogP contribution in [0.5, 0.6) is 0 Å². The van der Waals surface area contributed by atoms with Crippen molar-refractivity contribution in [2.24, 2.45) is 23.5 Å². The van der Waals surface area contributed by atoms with E-state index in [1.807, 2.05) is 7.11 Å². The van der Waals surface area contributed by atoms with E-state index in [9.17, 15) is 0 Å². The van der Waals surface area contributed by atoms with Crippen molar-refractivity contribution in [3.63, 3.8) is 0 Å². The molecule has 2 fully saturated rings. The van der Waals surface area contributed by atoms with Gasteiger partial charge in [0.25, 0.3) is 0 Å². The van der Waals surface area contributed by atoms with Gasteiger partial charge in [-0.2, -0.15) is 0 Å². The minimum atomic E-state index is 0.230. The van der Waals surface area contributed by atoms with Gasteiger partial charge < -0.3 is 10.5 Å². The molecule has 0 radical (unpaired) electrons. The summed E-state index contributed by atoms with van der Waals surface area (Å²) in [7, 11) is 1.85. The summed E-state index contributed by atoms with van der Waals surface area (Å²) in [6.07, 6.45) is 5.50. The molecule has 0 spiro atoms. The summed E-state index contributed by atoms with van der Waals surface area (Å²) in [6, 6.07) is 0. The van der Waals surface area contributed by atoms with Gasteiger partial charge in [-0.15, -0.1) is 0 Å². The van der Waals surface area contributed by atoms with Gasteiger partial charge in [-0.25, -0.2) is 0 Å². The number of hydrogen-bond donors (Lipinski definition) is 1. The van der Waals surface area contributed by atoms with Gasteiger partial charge >= 0.3 is 0 Å². The van der Waals surface area contributed by atoms with E-state index in [-0.39, 0.29) is 5.54 Å². The second-order valence-corrected chi connectivity index (χ2v) is 7.27. The second-order valence-electron chi connectivity index (χ2n) is 7.27. The normalized spacial score (nSPS) is 45.3. The van der Waals surface area contributed by atoms with Crippen molar-refractivity contribution in [3.05, 3.63) is 0 Å². The van der Waals surface area contributed by atoms with Crippen LogP contribution in [0.2, 0.25) is 0 Å². The second kappa shape index (κ2) is 6.11. The van der Waals surface area contributed by atoms with Crippen molar-refractivity contribution in [3.8, 4) is 0 Å². The summed E-state index contributed by atoms with van der Waals surface area (Å²) in [5.41, 5.74) is 6.46. The maximum Gasteiger partial charge on any atom is 0.0724 e. The first-order chi connectivity index (χ1) is 9.00. The first-order valence-electron chi connectivity index (χ1n) is 7.98. The van der Waals surface area contributed by atoms with Gasteiger partial charge in [0, 0.05) is 25.7 Å². The van der Waals surface area contributed by atoms with Crippen LogP contribution >= 0.6 is 0 Å². The third-order valence-corrected chi connectivity index (χ3v) is 5.50. The molecule has 112 valence electrons. The van der Waals surface area contributed by atoms with E-state index in [1.54, 1.807) is 0 Å². The smallest absolute Gasteiger partial charge is 0.0724 e. The molecule has 0 bridgehead atoms. The van der Waals surface area contributed by atoms with E-state index in [4.69, 9.17) is 10.5 Å². The van der Waals surface area contributed by atoms with Crippen molar-refractivity contribution >= 4 is 0 Å². The summed E-state index contributed by atoms with van der Waals surface area (Å²) in [5.74, 6) is 2.27. The molecule has 2 aliphatic rings. The third-order valence-electron chi connectivity index (χ3n) is 5.50. The molecular formula is C16H32N2O. The molecule has 1 aliphatic heterocycles. The Hall–Kier alpha value is -0.120. The molecule has 0 aromatic rings. The molecule has 4 atom stereocenters. The summed E-state index contributed by atoms with van der Waals surface area (Å²) in [5, 5.41) is 0. The molecule has 1 aliphatic carbocycles. The van der Waals surface area contributed by atoms with Crippen LogP contribution in [-0.4, -0.2) is 43.3 Å². The lowest BCUT2D eigenvalue weighted by atomic mass is 9.70. The van der Waals surface area contributed by atoms with Crippen LogP contribution in [0.15, 0.2) is 0 Å². The zero-order valence-electron chi connectivity index (χ0n) is 13.2. The average molecular weight is 268 g/mol. The molecule has 19 heavy (non-hydrogen) atoms. The lowest BCUT2D eigenvalue weighted by Crippen LogP contribution is -2.61. The molecule has 2 rings (SSSR count). The van der Waals surface area contributed by atoms with Crippen molar-refractivity contribution in [1.82, 2.24) is 4.90 Å². The predicted molar refractivity (Wildman–Crippen MR) is 80.1 cm³/mol. The van der Waals surface area contributed by atoms with Crippen LogP contribution in [-0.2, 0) is 4.74 Å². The number of hydrogen-bond acceptors (Lipinski definition) is 3. The Bertz CT molecular complexity index is 284. The Morgan fingerprint density at radius 2 is 1.84 bits per heavy atom. The standard InChI is InChI=1S/C16H32N2O/c1-12-7-13(2)9-16(8-12,11-17)18-6-5-14(3)15(10-18)19-4/h12-15H,5-11,17H2,1-4H3. The summed E-state index contributed by atoms with van der Waals surface area (Å²) < 4.78 is 5.69. The van der Waals surface area contributed by atoms with Gasteiger partial charge in [-0.3, -0.25) is 4.90 Å². The molecule has 3 nitrogen and oxygen atoms in total. The Kier molecular flexibility index (Phi) is 4.91. The van der Waals surface area contributed by atoms with Crippen molar-refractivity contribution < 1.29 is 4.74 Å². The number of likely N-dealkylation sites (tertiary alicyclic amines) is 1.